The molecule has 21 heavy (non-hydrogen) atoms. The first-order chi connectivity index (χ1) is 9.61. The van der Waals surface area contributed by atoms with Gasteiger partial charge in [0, 0.05) is 23.4 Å². The lowest BCUT2D eigenvalue weighted by Gasteiger charge is -2.14. The van der Waals surface area contributed by atoms with Crippen molar-refractivity contribution in [3.63, 3.8) is 0 Å². The average Bonchev–Trinajstić information content (AvgIpc) is 2.97. The fraction of sp³-hybridized carbons (Fsp3) is 0.333. The Balaban J connectivity index is 0.00000220. The highest BCUT2D eigenvalue weighted by atomic mass is 35.5. The van der Waals surface area contributed by atoms with Crippen LogP contribution in [0.4, 0.5) is 0 Å². The van der Waals surface area contributed by atoms with Gasteiger partial charge in [0.2, 0.25) is 5.91 Å². The quantitative estimate of drug-likeness (QED) is 0.888. The van der Waals surface area contributed by atoms with Crippen LogP contribution in [0.25, 0.3) is 11.3 Å². The molecule has 2 rings (SSSR count). The number of carbonyl (C=O) groups excluding carboxylic acids is 1. The van der Waals surface area contributed by atoms with Crippen LogP contribution in [0.15, 0.2) is 35.7 Å². The Labute approximate surface area is 135 Å². The summed E-state index contributed by atoms with van der Waals surface area (Å²) in [7, 11) is 0. The van der Waals surface area contributed by atoms with Gasteiger partial charge in [0.25, 0.3) is 0 Å². The van der Waals surface area contributed by atoms with Crippen molar-refractivity contribution in [3.05, 3.63) is 40.7 Å². The van der Waals surface area contributed by atoms with E-state index < -0.39 is 0 Å². The van der Waals surface area contributed by atoms with E-state index in [4.69, 9.17) is 5.73 Å². The molecule has 2 unspecified atom stereocenters. The molecule has 0 saturated carbocycles. The Morgan fingerprint density at radius 2 is 2.00 bits per heavy atom. The predicted molar refractivity (Wildman–Crippen MR) is 89.6 cm³/mol. The van der Waals surface area contributed by atoms with Crippen molar-refractivity contribution in [2.24, 2.45) is 11.7 Å². The van der Waals surface area contributed by atoms with E-state index >= 15 is 0 Å². The van der Waals surface area contributed by atoms with E-state index in [2.05, 4.69) is 10.3 Å². The Morgan fingerprint density at radius 1 is 1.33 bits per heavy atom. The summed E-state index contributed by atoms with van der Waals surface area (Å²) >= 11 is 1.56. The van der Waals surface area contributed by atoms with Crippen molar-refractivity contribution in [1.29, 1.82) is 0 Å². The molecule has 0 radical (unpaired) electrons. The number of halogens is 1. The maximum absolute atomic E-state index is 11.8. The van der Waals surface area contributed by atoms with Crippen LogP contribution in [0.5, 0.6) is 0 Å². The summed E-state index contributed by atoms with van der Waals surface area (Å²) in [5.74, 6) is -0.206. The lowest BCUT2D eigenvalue weighted by Crippen LogP contribution is -2.34. The fourth-order valence-electron chi connectivity index (χ4n) is 1.75. The zero-order valence-corrected chi connectivity index (χ0v) is 13.7. The van der Waals surface area contributed by atoms with Crippen LogP contribution in [-0.4, -0.2) is 17.4 Å². The molecule has 114 valence electrons. The highest BCUT2D eigenvalue weighted by Crippen LogP contribution is 2.25. The van der Waals surface area contributed by atoms with Gasteiger partial charge >= 0.3 is 0 Å². The van der Waals surface area contributed by atoms with Gasteiger partial charge < -0.3 is 11.1 Å². The minimum Gasteiger partial charge on any atom is -0.347 e. The Morgan fingerprint density at radius 3 is 2.62 bits per heavy atom. The molecule has 2 atom stereocenters. The van der Waals surface area contributed by atoms with Crippen LogP contribution in [0.3, 0.4) is 0 Å². The van der Waals surface area contributed by atoms with Gasteiger partial charge in [-0.05, 0) is 6.92 Å². The number of nitrogens with zero attached hydrogens (tertiary/aromatic N) is 1. The molecular formula is C15H20ClN3OS. The van der Waals surface area contributed by atoms with Crippen LogP contribution in [0, 0.1) is 5.92 Å². The first kappa shape index (κ1) is 17.6. The summed E-state index contributed by atoms with van der Waals surface area (Å²) in [6, 6.07) is 9.91. The van der Waals surface area contributed by atoms with Crippen molar-refractivity contribution < 1.29 is 4.79 Å². The second kappa shape index (κ2) is 8.12. The van der Waals surface area contributed by atoms with Crippen molar-refractivity contribution >= 4 is 29.7 Å². The van der Waals surface area contributed by atoms with Gasteiger partial charge in [0.15, 0.2) is 0 Å². The number of hydrogen-bond acceptors (Lipinski definition) is 4. The molecule has 0 bridgehead atoms. The number of nitrogens with one attached hydrogen (secondary N) is 1. The van der Waals surface area contributed by atoms with E-state index in [9.17, 15) is 4.79 Å². The van der Waals surface area contributed by atoms with Gasteiger partial charge in [0.1, 0.15) is 5.01 Å². The van der Waals surface area contributed by atoms with Crippen LogP contribution in [-0.2, 0) is 4.79 Å². The van der Waals surface area contributed by atoms with Crippen molar-refractivity contribution in [1.82, 2.24) is 10.3 Å². The lowest BCUT2D eigenvalue weighted by atomic mass is 10.1. The number of benzene rings is 1. The minimum atomic E-state index is -0.175. The fourth-order valence-corrected chi connectivity index (χ4v) is 2.59. The molecule has 0 aliphatic carbocycles. The normalized spacial score (nSPS) is 13.1. The van der Waals surface area contributed by atoms with Gasteiger partial charge in [-0.25, -0.2) is 4.98 Å². The van der Waals surface area contributed by atoms with Gasteiger partial charge in [-0.2, -0.15) is 0 Å². The zero-order chi connectivity index (χ0) is 14.5. The molecule has 0 fully saturated rings. The largest absolute Gasteiger partial charge is 0.347 e. The molecule has 2 aromatic rings. The topological polar surface area (TPSA) is 68.0 Å². The second-order valence-electron chi connectivity index (χ2n) is 4.80. The van der Waals surface area contributed by atoms with Gasteiger partial charge in [-0.3, -0.25) is 4.79 Å². The molecular weight excluding hydrogens is 306 g/mol. The molecule has 1 aromatic heterocycles. The number of amides is 1. The molecule has 1 aromatic carbocycles. The van der Waals surface area contributed by atoms with Crippen molar-refractivity contribution in [2.45, 2.75) is 19.9 Å². The Bertz CT molecular complexity index is 573. The number of aromatic nitrogens is 1. The third-order valence-corrected chi connectivity index (χ3v) is 4.15. The summed E-state index contributed by atoms with van der Waals surface area (Å²) in [5.41, 5.74) is 7.52. The van der Waals surface area contributed by atoms with Crippen LogP contribution in [0.2, 0.25) is 0 Å². The average molecular weight is 326 g/mol. The molecule has 0 aliphatic heterocycles. The first-order valence-electron chi connectivity index (χ1n) is 6.63. The summed E-state index contributed by atoms with van der Waals surface area (Å²) in [6.45, 7) is 4.11. The summed E-state index contributed by atoms with van der Waals surface area (Å²) < 4.78 is 0. The standard InChI is InChI=1S/C15H19N3OS.ClH/c1-10(8-16)14(19)17-11(2)15-18-13(9-20-15)12-6-4-3-5-7-12;/h3-7,9-11H,8,16H2,1-2H3,(H,17,19);1H. The number of rotatable bonds is 5. The Kier molecular flexibility index (Phi) is 6.81. The zero-order valence-electron chi connectivity index (χ0n) is 12.1. The maximum Gasteiger partial charge on any atom is 0.224 e. The molecule has 0 spiro atoms. The van der Waals surface area contributed by atoms with Crippen LogP contribution in [0.1, 0.15) is 24.9 Å². The van der Waals surface area contributed by atoms with Crippen LogP contribution < -0.4 is 11.1 Å². The number of nitrogens with two attached hydrogens (primary N) is 1. The third-order valence-electron chi connectivity index (χ3n) is 3.12. The third kappa shape index (κ3) is 4.52. The molecule has 4 nitrogen and oxygen atoms in total. The van der Waals surface area contributed by atoms with E-state index in [1.54, 1.807) is 11.3 Å². The number of hydrogen-bond donors (Lipinski definition) is 2. The highest BCUT2D eigenvalue weighted by molar-refractivity contribution is 7.10. The van der Waals surface area contributed by atoms with E-state index in [-0.39, 0.29) is 30.3 Å². The minimum absolute atomic E-state index is 0. The first-order valence-corrected chi connectivity index (χ1v) is 7.51. The van der Waals surface area contributed by atoms with Crippen LogP contribution >= 0.6 is 23.7 Å². The smallest absolute Gasteiger partial charge is 0.224 e. The maximum atomic E-state index is 11.8. The highest BCUT2D eigenvalue weighted by Gasteiger charge is 2.17. The number of carbonyl (C=O) groups is 1. The van der Waals surface area contributed by atoms with E-state index in [1.807, 2.05) is 49.6 Å². The molecule has 1 amide bonds. The summed E-state index contributed by atoms with van der Waals surface area (Å²) in [4.78, 5) is 16.4. The van der Waals surface area contributed by atoms with E-state index in [0.29, 0.717) is 6.54 Å². The van der Waals surface area contributed by atoms with Crippen molar-refractivity contribution in [3.8, 4) is 11.3 Å². The predicted octanol–water partition coefficient (Wildman–Crippen LogP) is 3.00. The lowest BCUT2D eigenvalue weighted by molar-refractivity contribution is -0.124. The van der Waals surface area contributed by atoms with E-state index in [1.165, 1.54) is 0 Å². The monoisotopic (exact) mass is 325 g/mol. The molecule has 1 heterocycles. The van der Waals surface area contributed by atoms with E-state index in [0.717, 1.165) is 16.3 Å². The van der Waals surface area contributed by atoms with Gasteiger partial charge in [0.05, 0.1) is 11.7 Å². The molecule has 6 heteroatoms. The molecule has 0 aliphatic rings. The SMILES string of the molecule is CC(CN)C(=O)NC(C)c1nc(-c2ccccc2)cs1.Cl. The van der Waals surface area contributed by atoms with Gasteiger partial charge in [-0.15, -0.1) is 23.7 Å². The molecule has 3 N–H and O–H groups in total. The summed E-state index contributed by atoms with van der Waals surface area (Å²) in [5, 5.41) is 5.86. The second-order valence-corrected chi connectivity index (χ2v) is 5.69. The summed E-state index contributed by atoms with van der Waals surface area (Å²) in [6.07, 6.45) is 0. The molecule has 0 saturated heterocycles. The Hall–Kier alpha value is -1.43. The number of thiazole rings is 1. The van der Waals surface area contributed by atoms with Crippen molar-refractivity contribution in [2.75, 3.05) is 6.54 Å². The van der Waals surface area contributed by atoms with Gasteiger partial charge in [-0.1, -0.05) is 37.3 Å².